The average Bonchev–Trinajstić information content (AvgIpc) is 2.28. The first-order chi connectivity index (χ1) is 8.13. The Balaban J connectivity index is 2.87. The van der Waals surface area contributed by atoms with Crippen molar-refractivity contribution in [2.75, 3.05) is 5.32 Å². The molecular formula is C11H10BrN3O2. The highest BCUT2D eigenvalue weighted by molar-refractivity contribution is 9.10. The SMILES string of the molecule is C=C/C=C\N=C(Nc1cccc(Br)c1)[N+](=O)[O-]. The van der Waals surface area contributed by atoms with Crippen LogP contribution in [0.3, 0.4) is 0 Å². The Morgan fingerprint density at radius 3 is 2.94 bits per heavy atom. The molecule has 0 aromatic heterocycles. The quantitative estimate of drug-likeness (QED) is 0.306. The van der Waals surface area contributed by atoms with Crippen LogP contribution in [0.5, 0.6) is 0 Å². The Morgan fingerprint density at radius 1 is 1.59 bits per heavy atom. The molecule has 0 atom stereocenters. The van der Waals surface area contributed by atoms with Gasteiger partial charge in [0, 0.05) is 4.47 Å². The van der Waals surface area contributed by atoms with Crippen LogP contribution in [0.4, 0.5) is 5.69 Å². The van der Waals surface area contributed by atoms with Gasteiger partial charge in [-0.25, -0.2) is 5.32 Å². The maximum atomic E-state index is 10.7. The van der Waals surface area contributed by atoms with Crippen LogP contribution in [0.2, 0.25) is 0 Å². The van der Waals surface area contributed by atoms with E-state index in [1.165, 1.54) is 18.4 Å². The molecule has 1 rings (SSSR count). The van der Waals surface area contributed by atoms with E-state index < -0.39 is 4.92 Å². The fourth-order valence-corrected chi connectivity index (χ4v) is 1.39. The number of nitro groups is 1. The summed E-state index contributed by atoms with van der Waals surface area (Å²) in [6.45, 7) is 3.45. The second-order valence-corrected chi connectivity index (χ2v) is 3.84. The smallest absolute Gasteiger partial charge is 0.390 e. The Labute approximate surface area is 107 Å². The van der Waals surface area contributed by atoms with Gasteiger partial charge in [0.25, 0.3) is 0 Å². The van der Waals surface area contributed by atoms with Crippen LogP contribution < -0.4 is 5.32 Å². The molecule has 0 amide bonds. The summed E-state index contributed by atoms with van der Waals surface area (Å²) >= 11 is 3.28. The summed E-state index contributed by atoms with van der Waals surface area (Å²) in [7, 11) is 0. The monoisotopic (exact) mass is 295 g/mol. The topological polar surface area (TPSA) is 67.5 Å². The van der Waals surface area contributed by atoms with Gasteiger partial charge >= 0.3 is 5.96 Å². The van der Waals surface area contributed by atoms with Gasteiger partial charge < -0.3 is 10.1 Å². The fourth-order valence-electron chi connectivity index (χ4n) is 0.995. The van der Waals surface area contributed by atoms with Crippen LogP contribution in [0, 0.1) is 10.1 Å². The molecule has 0 aliphatic carbocycles. The number of nitrogens with one attached hydrogen (secondary N) is 1. The fraction of sp³-hybridized carbons (Fsp3) is 0. The van der Waals surface area contributed by atoms with Gasteiger partial charge in [-0.2, -0.15) is 0 Å². The van der Waals surface area contributed by atoms with E-state index in [1.807, 2.05) is 6.07 Å². The summed E-state index contributed by atoms with van der Waals surface area (Å²) in [6, 6.07) is 7.02. The van der Waals surface area contributed by atoms with E-state index in [2.05, 4.69) is 32.8 Å². The van der Waals surface area contributed by atoms with Gasteiger partial charge in [0.05, 0.1) is 0 Å². The third-order valence-electron chi connectivity index (χ3n) is 1.67. The number of aliphatic imine (C=N–C) groups is 1. The Bertz CT molecular complexity index is 483. The summed E-state index contributed by atoms with van der Waals surface area (Å²) in [5.41, 5.74) is 0.585. The molecule has 0 saturated heterocycles. The normalized spacial score (nSPS) is 11.5. The second-order valence-electron chi connectivity index (χ2n) is 2.92. The van der Waals surface area contributed by atoms with Gasteiger partial charge in [0.2, 0.25) is 0 Å². The zero-order chi connectivity index (χ0) is 12.7. The summed E-state index contributed by atoms with van der Waals surface area (Å²) in [5.74, 6) is -0.346. The average molecular weight is 296 g/mol. The molecule has 0 radical (unpaired) electrons. The van der Waals surface area contributed by atoms with Crippen molar-refractivity contribution >= 4 is 27.6 Å². The van der Waals surface area contributed by atoms with Crippen molar-refractivity contribution in [2.45, 2.75) is 0 Å². The third-order valence-corrected chi connectivity index (χ3v) is 2.17. The van der Waals surface area contributed by atoms with Crippen LogP contribution >= 0.6 is 15.9 Å². The van der Waals surface area contributed by atoms with E-state index in [-0.39, 0.29) is 5.96 Å². The highest BCUT2D eigenvalue weighted by atomic mass is 79.9. The van der Waals surface area contributed by atoms with E-state index in [1.54, 1.807) is 18.2 Å². The van der Waals surface area contributed by atoms with Crippen LogP contribution in [0.25, 0.3) is 0 Å². The van der Waals surface area contributed by atoms with E-state index in [9.17, 15) is 10.1 Å². The minimum Gasteiger partial charge on any atom is -0.390 e. The van der Waals surface area contributed by atoms with Gasteiger partial charge in [0.15, 0.2) is 0 Å². The van der Waals surface area contributed by atoms with Crippen molar-refractivity contribution in [1.82, 2.24) is 0 Å². The molecule has 5 nitrogen and oxygen atoms in total. The maximum absolute atomic E-state index is 10.7. The zero-order valence-electron chi connectivity index (χ0n) is 8.84. The van der Waals surface area contributed by atoms with Gasteiger partial charge in [-0.15, -0.1) is 0 Å². The second kappa shape index (κ2) is 6.59. The highest BCUT2D eigenvalue weighted by Crippen LogP contribution is 2.15. The summed E-state index contributed by atoms with van der Waals surface area (Å²) in [6.07, 6.45) is 4.29. The molecule has 0 fully saturated rings. The van der Waals surface area contributed by atoms with Crippen LogP contribution in [0.15, 0.2) is 58.7 Å². The Hall–Kier alpha value is -1.95. The van der Waals surface area contributed by atoms with Crippen molar-refractivity contribution in [1.29, 1.82) is 0 Å². The first-order valence-electron chi connectivity index (χ1n) is 4.66. The van der Waals surface area contributed by atoms with Gasteiger partial charge in [-0.05, 0) is 29.2 Å². The number of guanidine groups is 1. The van der Waals surface area contributed by atoms with Crippen molar-refractivity contribution in [3.8, 4) is 0 Å². The first-order valence-corrected chi connectivity index (χ1v) is 5.45. The summed E-state index contributed by atoms with van der Waals surface area (Å²) in [5, 5.41) is 13.3. The third kappa shape index (κ3) is 4.60. The van der Waals surface area contributed by atoms with Gasteiger partial charge in [-0.3, -0.25) is 0 Å². The largest absolute Gasteiger partial charge is 0.432 e. The number of hydrogen-bond donors (Lipinski definition) is 1. The molecule has 88 valence electrons. The van der Waals surface area contributed by atoms with Gasteiger partial charge in [-0.1, -0.05) is 39.6 Å². The highest BCUT2D eigenvalue weighted by Gasteiger charge is 2.10. The molecule has 0 saturated carbocycles. The number of allylic oxidation sites excluding steroid dienone is 2. The van der Waals surface area contributed by atoms with Crippen molar-refractivity contribution in [3.63, 3.8) is 0 Å². The van der Waals surface area contributed by atoms with Crippen LogP contribution in [0.1, 0.15) is 0 Å². The number of hydrogen-bond acceptors (Lipinski definition) is 3. The molecule has 0 unspecified atom stereocenters. The molecule has 1 N–H and O–H groups in total. The van der Waals surface area contributed by atoms with E-state index in [0.717, 1.165) is 4.47 Å². The number of halogens is 1. The zero-order valence-corrected chi connectivity index (χ0v) is 10.4. The molecule has 1 aromatic rings. The van der Waals surface area contributed by atoms with Crippen LogP contribution in [-0.2, 0) is 0 Å². The molecule has 0 spiro atoms. The molecule has 1 aromatic carbocycles. The molecule has 6 heteroatoms. The first kappa shape index (κ1) is 13.1. The molecular weight excluding hydrogens is 286 g/mol. The number of anilines is 1. The molecule has 17 heavy (non-hydrogen) atoms. The summed E-state index contributed by atoms with van der Waals surface area (Å²) in [4.78, 5) is 13.8. The Morgan fingerprint density at radius 2 is 2.35 bits per heavy atom. The predicted molar refractivity (Wildman–Crippen MR) is 71.5 cm³/mol. The van der Waals surface area contributed by atoms with E-state index in [4.69, 9.17) is 0 Å². The predicted octanol–water partition coefficient (Wildman–Crippen LogP) is 3.19. The lowest BCUT2D eigenvalue weighted by Crippen LogP contribution is -2.21. The lowest BCUT2D eigenvalue weighted by molar-refractivity contribution is -0.350. The van der Waals surface area contributed by atoms with Gasteiger partial charge in [0.1, 0.15) is 11.9 Å². The number of rotatable bonds is 3. The van der Waals surface area contributed by atoms with Crippen molar-refractivity contribution < 1.29 is 4.92 Å². The van der Waals surface area contributed by atoms with E-state index >= 15 is 0 Å². The molecule has 0 bridgehead atoms. The molecule has 0 aliphatic heterocycles. The minimum atomic E-state index is -0.589. The minimum absolute atomic E-state index is 0.346. The number of nitrogens with zero attached hydrogens (tertiary/aromatic N) is 2. The number of benzene rings is 1. The maximum Gasteiger partial charge on any atom is 0.432 e. The lowest BCUT2D eigenvalue weighted by atomic mass is 10.3. The Kier molecular flexibility index (Phi) is 5.09. The van der Waals surface area contributed by atoms with E-state index in [0.29, 0.717) is 5.69 Å². The molecule has 0 aliphatic rings. The molecule has 0 heterocycles. The van der Waals surface area contributed by atoms with Crippen molar-refractivity contribution in [2.24, 2.45) is 4.99 Å². The van der Waals surface area contributed by atoms with Crippen molar-refractivity contribution in [3.05, 3.63) is 63.8 Å². The summed E-state index contributed by atoms with van der Waals surface area (Å²) < 4.78 is 0.826. The standard InChI is InChI=1S/C11H10BrN3O2/c1-2-3-7-13-11(15(16)17)14-10-6-4-5-9(12)8-10/h2-8H,1H2,(H,13,14)/b7-3-. The van der Waals surface area contributed by atoms with Crippen LogP contribution in [-0.4, -0.2) is 10.9 Å². The lowest BCUT2D eigenvalue weighted by Gasteiger charge is -2.01.